The molecule has 1 heterocycles. The zero-order valence-corrected chi connectivity index (χ0v) is 12.8. The number of piperazine rings is 1. The second kappa shape index (κ2) is 6.30. The molecule has 0 aromatic heterocycles. The summed E-state index contributed by atoms with van der Waals surface area (Å²) >= 11 is 4.81. The lowest BCUT2D eigenvalue weighted by atomic mass is 10.3. The van der Waals surface area contributed by atoms with Crippen molar-refractivity contribution in [1.82, 2.24) is 9.21 Å². The van der Waals surface area contributed by atoms with Crippen LogP contribution >= 0.6 is 12.2 Å². The van der Waals surface area contributed by atoms with Crippen molar-refractivity contribution in [3.63, 3.8) is 0 Å². The Kier molecular flexibility index (Phi) is 4.87. The van der Waals surface area contributed by atoms with E-state index in [1.54, 1.807) is 0 Å². The molecule has 0 atom stereocenters. The number of benzene rings is 1. The highest BCUT2D eigenvalue weighted by Crippen LogP contribution is 2.19. The number of hydrogen-bond acceptors (Lipinski definition) is 4. The van der Waals surface area contributed by atoms with E-state index in [-0.39, 0.29) is 18.0 Å². The highest BCUT2D eigenvalue weighted by Gasteiger charge is 2.29. The summed E-state index contributed by atoms with van der Waals surface area (Å²) in [4.78, 5) is 2.05. The minimum atomic E-state index is -3.82. The van der Waals surface area contributed by atoms with Crippen LogP contribution in [0.15, 0.2) is 23.1 Å². The molecule has 0 aliphatic carbocycles. The minimum absolute atomic E-state index is 0.246. The summed E-state index contributed by atoms with van der Waals surface area (Å²) in [5.41, 5.74) is 5.45. The number of nitrogens with two attached hydrogens (primary N) is 1. The zero-order valence-electron chi connectivity index (χ0n) is 11.1. The maximum absolute atomic E-state index is 13.2. The molecule has 116 valence electrons. The predicted octanol–water partition coefficient (Wildman–Crippen LogP) is 0.557. The molecule has 0 saturated carbocycles. The molecule has 2 rings (SSSR count). The number of sulfonamides is 1. The van der Waals surface area contributed by atoms with Gasteiger partial charge in [-0.1, -0.05) is 12.2 Å². The van der Waals surface area contributed by atoms with E-state index in [2.05, 4.69) is 0 Å². The van der Waals surface area contributed by atoms with Crippen LogP contribution in [0.25, 0.3) is 0 Å². The maximum atomic E-state index is 13.2. The fourth-order valence-corrected chi connectivity index (χ4v) is 3.75. The zero-order chi connectivity index (χ0) is 15.6. The Morgan fingerprint density at radius 1 is 1.19 bits per heavy atom. The molecule has 0 unspecified atom stereocenters. The lowest BCUT2D eigenvalue weighted by Gasteiger charge is -2.33. The van der Waals surface area contributed by atoms with Crippen molar-refractivity contribution in [2.75, 3.05) is 32.7 Å². The number of hydrogen-bond donors (Lipinski definition) is 1. The van der Waals surface area contributed by atoms with Gasteiger partial charge in [0.15, 0.2) is 11.6 Å². The number of halogens is 2. The third-order valence-electron chi connectivity index (χ3n) is 3.24. The molecule has 21 heavy (non-hydrogen) atoms. The summed E-state index contributed by atoms with van der Waals surface area (Å²) in [6.45, 7) is 1.92. The Hall–Kier alpha value is -1.16. The Labute approximate surface area is 127 Å². The van der Waals surface area contributed by atoms with Crippen molar-refractivity contribution in [2.45, 2.75) is 4.90 Å². The average molecular weight is 335 g/mol. The summed E-state index contributed by atoms with van der Waals surface area (Å²) in [7, 11) is -3.82. The third kappa shape index (κ3) is 3.73. The van der Waals surface area contributed by atoms with Crippen molar-refractivity contribution in [1.29, 1.82) is 0 Å². The molecule has 9 heteroatoms. The van der Waals surface area contributed by atoms with Crippen LogP contribution in [0.4, 0.5) is 8.78 Å². The lowest BCUT2D eigenvalue weighted by Crippen LogP contribution is -2.50. The van der Waals surface area contributed by atoms with Crippen LogP contribution in [0, 0.1) is 11.6 Å². The van der Waals surface area contributed by atoms with E-state index in [1.165, 1.54) is 4.31 Å². The van der Waals surface area contributed by atoms with Crippen LogP contribution in [0.5, 0.6) is 0 Å². The highest BCUT2D eigenvalue weighted by atomic mass is 32.2. The summed E-state index contributed by atoms with van der Waals surface area (Å²) in [6.07, 6.45) is 0. The molecule has 0 radical (unpaired) electrons. The van der Waals surface area contributed by atoms with Crippen molar-refractivity contribution >= 4 is 27.2 Å². The van der Waals surface area contributed by atoms with Gasteiger partial charge >= 0.3 is 0 Å². The Morgan fingerprint density at radius 3 is 2.33 bits per heavy atom. The first-order valence-corrected chi connectivity index (χ1v) is 8.11. The molecule has 1 aromatic carbocycles. The summed E-state index contributed by atoms with van der Waals surface area (Å²) < 4.78 is 52.0. The van der Waals surface area contributed by atoms with Gasteiger partial charge in [-0.2, -0.15) is 4.31 Å². The predicted molar refractivity (Wildman–Crippen MR) is 78.3 cm³/mol. The molecule has 2 N–H and O–H groups in total. The summed E-state index contributed by atoms with van der Waals surface area (Å²) in [5, 5.41) is 0. The smallest absolute Gasteiger partial charge is 0.243 e. The van der Waals surface area contributed by atoms with E-state index >= 15 is 0 Å². The molecule has 1 saturated heterocycles. The number of nitrogens with zero attached hydrogens (tertiary/aromatic N) is 2. The normalized spacial score (nSPS) is 17.8. The van der Waals surface area contributed by atoms with Gasteiger partial charge in [-0.3, -0.25) is 4.90 Å². The molecule has 1 aromatic rings. The van der Waals surface area contributed by atoms with Gasteiger partial charge in [0, 0.05) is 32.7 Å². The number of rotatable bonds is 4. The van der Waals surface area contributed by atoms with Crippen LogP contribution in [0.1, 0.15) is 0 Å². The van der Waals surface area contributed by atoms with E-state index in [0.717, 1.165) is 12.1 Å². The molecule has 0 amide bonds. The van der Waals surface area contributed by atoms with Gasteiger partial charge in [-0.15, -0.1) is 0 Å². The maximum Gasteiger partial charge on any atom is 0.243 e. The van der Waals surface area contributed by atoms with Gasteiger partial charge in [0.05, 0.1) is 9.88 Å². The van der Waals surface area contributed by atoms with Gasteiger partial charge in [0.25, 0.3) is 0 Å². The molecule has 0 spiro atoms. The largest absolute Gasteiger partial charge is 0.392 e. The first-order chi connectivity index (χ1) is 9.80. The fourth-order valence-electron chi connectivity index (χ4n) is 2.13. The van der Waals surface area contributed by atoms with Crippen LogP contribution in [0.3, 0.4) is 0 Å². The molecule has 1 aliphatic rings. The van der Waals surface area contributed by atoms with E-state index < -0.39 is 21.7 Å². The average Bonchev–Trinajstić information content (AvgIpc) is 2.41. The standard InChI is InChI=1S/C12H15F2N3O2S2/c13-10-2-1-9(7-11(10)14)21(18,19)17-5-3-16(4-6-17)8-12(15)20/h1-2,7H,3-6,8H2,(H2,15,20). The molecule has 0 bridgehead atoms. The van der Waals surface area contributed by atoms with Crippen molar-refractivity contribution in [2.24, 2.45) is 5.73 Å². The molecule has 1 fully saturated rings. The van der Waals surface area contributed by atoms with Gasteiger partial charge in [-0.05, 0) is 18.2 Å². The highest BCUT2D eigenvalue weighted by molar-refractivity contribution is 7.89. The second-order valence-corrected chi connectivity index (χ2v) is 7.18. The summed E-state index contributed by atoms with van der Waals surface area (Å²) in [5.74, 6) is -2.25. The van der Waals surface area contributed by atoms with Crippen molar-refractivity contribution in [3.05, 3.63) is 29.8 Å². The first kappa shape index (κ1) is 16.2. The molecule has 5 nitrogen and oxygen atoms in total. The van der Waals surface area contributed by atoms with Crippen LogP contribution < -0.4 is 5.73 Å². The molecular weight excluding hydrogens is 320 g/mol. The van der Waals surface area contributed by atoms with E-state index in [4.69, 9.17) is 18.0 Å². The quantitative estimate of drug-likeness (QED) is 0.815. The van der Waals surface area contributed by atoms with E-state index in [0.29, 0.717) is 30.7 Å². The minimum Gasteiger partial charge on any atom is -0.392 e. The van der Waals surface area contributed by atoms with Gasteiger partial charge in [0.2, 0.25) is 10.0 Å². The van der Waals surface area contributed by atoms with Crippen LogP contribution in [-0.2, 0) is 10.0 Å². The SMILES string of the molecule is NC(=S)CN1CCN(S(=O)(=O)c2ccc(F)c(F)c2)CC1. The van der Waals surface area contributed by atoms with Gasteiger partial charge in [-0.25, -0.2) is 17.2 Å². The first-order valence-electron chi connectivity index (χ1n) is 6.26. The number of thiocarbonyl (C=S) groups is 1. The van der Waals surface area contributed by atoms with Crippen molar-refractivity contribution in [3.8, 4) is 0 Å². The lowest BCUT2D eigenvalue weighted by molar-refractivity contribution is 0.209. The summed E-state index contributed by atoms with van der Waals surface area (Å²) in [6, 6.07) is 2.58. The van der Waals surface area contributed by atoms with E-state index in [9.17, 15) is 17.2 Å². The fraction of sp³-hybridized carbons (Fsp3) is 0.417. The van der Waals surface area contributed by atoms with Gasteiger partial charge < -0.3 is 5.73 Å². The Morgan fingerprint density at radius 2 is 1.81 bits per heavy atom. The van der Waals surface area contributed by atoms with Crippen LogP contribution in [-0.4, -0.2) is 55.3 Å². The Balaban J connectivity index is 2.11. The third-order valence-corrected chi connectivity index (χ3v) is 5.26. The van der Waals surface area contributed by atoms with Crippen molar-refractivity contribution < 1.29 is 17.2 Å². The molecule has 1 aliphatic heterocycles. The van der Waals surface area contributed by atoms with Gasteiger partial charge in [0.1, 0.15) is 0 Å². The molecular formula is C12H15F2N3O2S2. The van der Waals surface area contributed by atoms with Crippen LogP contribution in [0.2, 0.25) is 0 Å². The monoisotopic (exact) mass is 335 g/mol. The van der Waals surface area contributed by atoms with E-state index in [1.807, 2.05) is 4.90 Å². The Bertz CT molecular complexity index is 644. The topological polar surface area (TPSA) is 66.6 Å². The second-order valence-electron chi connectivity index (χ2n) is 4.72.